The molecule has 0 saturated heterocycles. The molecule has 0 bridgehead atoms. The van der Waals surface area contributed by atoms with Crippen LogP contribution in [0.1, 0.15) is 32.3 Å². The van der Waals surface area contributed by atoms with Gasteiger partial charge in [0.1, 0.15) is 0 Å². The third-order valence-electron chi connectivity index (χ3n) is 2.96. The number of benzene rings is 1. The average Bonchev–Trinajstić information content (AvgIpc) is 2.26. The van der Waals surface area contributed by atoms with Crippen molar-refractivity contribution in [3.63, 3.8) is 0 Å². The van der Waals surface area contributed by atoms with Crippen LogP contribution in [0.2, 0.25) is 0 Å². The van der Waals surface area contributed by atoms with Gasteiger partial charge in [-0.15, -0.1) is 0 Å². The van der Waals surface area contributed by atoms with Crippen molar-refractivity contribution in [2.24, 2.45) is 11.1 Å². The Hall–Kier alpha value is -1.27. The molecule has 0 saturated carbocycles. The molecule has 0 aliphatic carbocycles. The summed E-state index contributed by atoms with van der Waals surface area (Å²) in [6.07, 6.45) is 2.15. The first kappa shape index (κ1) is 15.8. The minimum Gasteiger partial charge on any atom is -0.399 e. The maximum atomic E-state index is 11.5. The molecule has 0 aromatic heterocycles. The van der Waals surface area contributed by atoms with E-state index in [2.05, 4.69) is 19.2 Å². The summed E-state index contributed by atoms with van der Waals surface area (Å²) in [5, 5.41) is 8.40. The average molecular weight is 285 g/mol. The van der Waals surface area contributed by atoms with E-state index in [9.17, 15) is 8.42 Å². The third kappa shape index (κ3) is 4.72. The zero-order valence-electron chi connectivity index (χ0n) is 11.7. The molecule has 0 amide bonds. The zero-order chi connectivity index (χ0) is 14.6. The van der Waals surface area contributed by atoms with Gasteiger partial charge >= 0.3 is 0 Å². The number of primary sulfonamides is 1. The molecule has 19 heavy (non-hydrogen) atoms. The van der Waals surface area contributed by atoms with Gasteiger partial charge in [-0.25, -0.2) is 13.6 Å². The fraction of sp³-hybridized carbons (Fsp3) is 0.538. The summed E-state index contributed by atoms with van der Waals surface area (Å²) >= 11 is 0. The van der Waals surface area contributed by atoms with E-state index in [1.165, 1.54) is 6.07 Å². The lowest BCUT2D eigenvalue weighted by atomic mass is 10.1. The summed E-state index contributed by atoms with van der Waals surface area (Å²) in [6, 6.07) is 3.13. The molecule has 0 unspecified atom stereocenters. The van der Waals surface area contributed by atoms with Gasteiger partial charge in [0.2, 0.25) is 10.0 Å². The second kappa shape index (κ2) is 6.25. The van der Waals surface area contributed by atoms with E-state index in [-0.39, 0.29) is 4.90 Å². The lowest BCUT2D eigenvalue weighted by Gasteiger charge is -2.14. The van der Waals surface area contributed by atoms with Crippen molar-refractivity contribution in [2.75, 3.05) is 17.6 Å². The molecular formula is C13H23N3O2S. The van der Waals surface area contributed by atoms with Crippen LogP contribution in [-0.4, -0.2) is 15.0 Å². The van der Waals surface area contributed by atoms with Gasteiger partial charge in [0.15, 0.2) is 0 Å². The highest BCUT2D eigenvalue weighted by molar-refractivity contribution is 7.89. The fourth-order valence-corrected chi connectivity index (χ4v) is 2.76. The molecule has 0 spiro atoms. The SMILES string of the molecule is Cc1c(NCCCC(C)C)cc(N)cc1S(N)(=O)=O. The van der Waals surface area contributed by atoms with Crippen LogP contribution in [0.25, 0.3) is 0 Å². The van der Waals surface area contributed by atoms with E-state index in [4.69, 9.17) is 10.9 Å². The van der Waals surface area contributed by atoms with Crippen molar-refractivity contribution in [2.45, 2.75) is 38.5 Å². The Morgan fingerprint density at radius 3 is 2.47 bits per heavy atom. The molecule has 0 heterocycles. The largest absolute Gasteiger partial charge is 0.399 e. The van der Waals surface area contributed by atoms with E-state index in [1.807, 2.05) is 0 Å². The number of sulfonamides is 1. The number of nitrogens with one attached hydrogen (secondary N) is 1. The van der Waals surface area contributed by atoms with Crippen LogP contribution in [0.5, 0.6) is 0 Å². The highest BCUT2D eigenvalue weighted by Gasteiger charge is 2.15. The van der Waals surface area contributed by atoms with Crippen LogP contribution in [-0.2, 0) is 10.0 Å². The lowest BCUT2D eigenvalue weighted by molar-refractivity contribution is 0.567. The Bertz CT molecular complexity index is 539. The van der Waals surface area contributed by atoms with Crippen LogP contribution in [0.4, 0.5) is 11.4 Å². The Balaban J connectivity index is 2.87. The number of rotatable bonds is 6. The van der Waals surface area contributed by atoms with E-state index in [1.54, 1.807) is 13.0 Å². The van der Waals surface area contributed by atoms with Crippen LogP contribution >= 0.6 is 0 Å². The van der Waals surface area contributed by atoms with Crippen molar-refractivity contribution in [3.8, 4) is 0 Å². The van der Waals surface area contributed by atoms with Gasteiger partial charge in [0.05, 0.1) is 4.90 Å². The molecule has 0 aliphatic heterocycles. The predicted molar refractivity (Wildman–Crippen MR) is 79.5 cm³/mol. The van der Waals surface area contributed by atoms with E-state index >= 15 is 0 Å². The first-order chi connectivity index (χ1) is 8.71. The molecule has 0 atom stereocenters. The van der Waals surface area contributed by atoms with Gasteiger partial charge in [-0.05, 0) is 43.4 Å². The molecular weight excluding hydrogens is 262 g/mol. The summed E-state index contributed by atoms with van der Waals surface area (Å²) in [6.45, 7) is 6.85. The molecule has 1 aromatic carbocycles. The number of hydrogen-bond acceptors (Lipinski definition) is 4. The first-order valence-corrected chi connectivity index (χ1v) is 7.93. The Labute approximate surface area is 115 Å². The van der Waals surface area contributed by atoms with Gasteiger partial charge < -0.3 is 11.1 Å². The summed E-state index contributed by atoms with van der Waals surface area (Å²) in [4.78, 5) is 0.0823. The fourth-order valence-electron chi connectivity index (χ4n) is 1.92. The molecule has 108 valence electrons. The van der Waals surface area contributed by atoms with Crippen LogP contribution < -0.4 is 16.2 Å². The van der Waals surface area contributed by atoms with Gasteiger partial charge in [-0.3, -0.25) is 0 Å². The minimum absolute atomic E-state index is 0.0823. The summed E-state index contributed by atoms with van der Waals surface area (Å²) < 4.78 is 22.9. The van der Waals surface area contributed by atoms with Gasteiger partial charge in [-0.1, -0.05) is 13.8 Å². The first-order valence-electron chi connectivity index (χ1n) is 6.38. The molecule has 0 aliphatic rings. The zero-order valence-corrected chi connectivity index (χ0v) is 12.5. The van der Waals surface area contributed by atoms with Crippen molar-refractivity contribution >= 4 is 21.4 Å². The van der Waals surface area contributed by atoms with E-state index < -0.39 is 10.0 Å². The Morgan fingerprint density at radius 2 is 1.95 bits per heavy atom. The quantitative estimate of drug-likeness (QED) is 0.550. The summed E-state index contributed by atoms with van der Waals surface area (Å²) in [5.74, 6) is 0.656. The number of hydrogen-bond donors (Lipinski definition) is 3. The molecule has 0 fully saturated rings. The highest BCUT2D eigenvalue weighted by Crippen LogP contribution is 2.26. The molecule has 5 nitrogen and oxygen atoms in total. The predicted octanol–water partition coefficient (Wildman–Crippen LogP) is 2.07. The number of anilines is 2. The summed E-state index contributed by atoms with van der Waals surface area (Å²) in [5.41, 5.74) is 7.45. The maximum absolute atomic E-state index is 11.5. The molecule has 1 rings (SSSR count). The monoisotopic (exact) mass is 285 g/mol. The Morgan fingerprint density at radius 1 is 1.32 bits per heavy atom. The molecule has 5 N–H and O–H groups in total. The normalized spacial score (nSPS) is 11.8. The van der Waals surface area contributed by atoms with Gasteiger partial charge in [-0.2, -0.15) is 0 Å². The topological polar surface area (TPSA) is 98.2 Å². The van der Waals surface area contributed by atoms with Crippen LogP contribution in [0, 0.1) is 12.8 Å². The van der Waals surface area contributed by atoms with Gasteiger partial charge in [0.25, 0.3) is 0 Å². The maximum Gasteiger partial charge on any atom is 0.238 e. The van der Waals surface area contributed by atoms with E-state index in [0.29, 0.717) is 17.2 Å². The van der Waals surface area contributed by atoms with Crippen LogP contribution in [0.15, 0.2) is 17.0 Å². The second-order valence-corrected chi connectivity index (χ2v) is 6.73. The van der Waals surface area contributed by atoms with E-state index in [0.717, 1.165) is 25.1 Å². The third-order valence-corrected chi connectivity index (χ3v) is 4.00. The Kier molecular flexibility index (Phi) is 5.20. The smallest absolute Gasteiger partial charge is 0.238 e. The molecule has 0 radical (unpaired) electrons. The van der Waals surface area contributed by atoms with Crippen molar-refractivity contribution in [1.82, 2.24) is 0 Å². The number of nitrogens with two attached hydrogens (primary N) is 2. The standard InChI is InChI=1S/C13H23N3O2S/c1-9(2)5-4-6-16-12-7-11(14)8-13(10(12)3)19(15,17)18/h7-9,16H,4-6,14H2,1-3H3,(H2,15,17,18). The minimum atomic E-state index is -3.74. The summed E-state index contributed by atoms with van der Waals surface area (Å²) in [7, 11) is -3.74. The molecule has 6 heteroatoms. The van der Waals surface area contributed by atoms with Crippen molar-refractivity contribution in [3.05, 3.63) is 17.7 Å². The lowest BCUT2D eigenvalue weighted by Crippen LogP contribution is -2.15. The second-order valence-electron chi connectivity index (χ2n) is 5.20. The highest BCUT2D eigenvalue weighted by atomic mass is 32.2. The van der Waals surface area contributed by atoms with Crippen molar-refractivity contribution in [1.29, 1.82) is 0 Å². The van der Waals surface area contributed by atoms with Crippen LogP contribution in [0.3, 0.4) is 0 Å². The number of nitrogen functional groups attached to an aromatic ring is 1. The van der Waals surface area contributed by atoms with Gasteiger partial charge in [0, 0.05) is 17.9 Å². The van der Waals surface area contributed by atoms with Crippen molar-refractivity contribution < 1.29 is 8.42 Å². The molecule has 1 aromatic rings.